The summed E-state index contributed by atoms with van der Waals surface area (Å²) in [6, 6.07) is 7.49. The predicted octanol–water partition coefficient (Wildman–Crippen LogP) is 4.73. The van der Waals surface area contributed by atoms with Gasteiger partial charge in [0.25, 0.3) is 0 Å². The number of piperidine rings is 2. The van der Waals surface area contributed by atoms with E-state index in [-0.39, 0.29) is 28.8 Å². The second-order valence-electron chi connectivity index (χ2n) is 9.48. The Morgan fingerprint density at radius 3 is 2.59 bits per heavy atom. The standard InChI is InChI=1S/C25H37NO3/c1-6-11-24-16-21-19(23(27)29-8-3)15-25(24,12-7-2)22(26(21)4)13-17-9-10-18(28-5)14-20(17)24/h9-10,14,19,21-22H,6-8,11-13,15-16H2,1-5H3. The van der Waals surface area contributed by atoms with Crippen LogP contribution < -0.4 is 4.74 Å². The summed E-state index contributed by atoms with van der Waals surface area (Å²) in [5, 5.41) is 0. The molecule has 0 spiro atoms. The van der Waals surface area contributed by atoms with E-state index in [1.807, 2.05) is 6.92 Å². The Hall–Kier alpha value is -1.55. The zero-order valence-electron chi connectivity index (χ0n) is 18.8. The van der Waals surface area contributed by atoms with Crippen LogP contribution in [0.5, 0.6) is 5.75 Å². The molecule has 29 heavy (non-hydrogen) atoms. The maximum atomic E-state index is 12.9. The molecule has 2 saturated heterocycles. The molecule has 4 aliphatic rings. The van der Waals surface area contributed by atoms with Crippen molar-refractivity contribution in [3.63, 3.8) is 0 Å². The molecule has 1 saturated carbocycles. The third-order valence-corrected chi connectivity index (χ3v) is 8.42. The maximum Gasteiger partial charge on any atom is 0.310 e. The number of likely N-dealkylation sites (N-methyl/N-ethyl adjacent to an activating group) is 1. The number of benzene rings is 1. The molecule has 2 heterocycles. The Bertz CT molecular complexity index is 777. The van der Waals surface area contributed by atoms with Crippen molar-refractivity contribution in [3.8, 4) is 5.75 Å². The second kappa shape index (κ2) is 7.61. The van der Waals surface area contributed by atoms with E-state index in [0.29, 0.717) is 12.6 Å². The van der Waals surface area contributed by atoms with Gasteiger partial charge in [-0.2, -0.15) is 0 Å². The van der Waals surface area contributed by atoms with E-state index >= 15 is 0 Å². The molecule has 2 aliphatic heterocycles. The zero-order valence-corrected chi connectivity index (χ0v) is 18.8. The quantitative estimate of drug-likeness (QED) is 0.621. The molecule has 3 fully saturated rings. The molecule has 160 valence electrons. The lowest BCUT2D eigenvalue weighted by molar-refractivity contribution is -0.191. The molecule has 5 unspecified atom stereocenters. The van der Waals surface area contributed by atoms with Crippen molar-refractivity contribution in [2.24, 2.45) is 11.3 Å². The van der Waals surface area contributed by atoms with Gasteiger partial charge in [0.05, 0.1) is 19.6 Å². The summed E-state index contributed by atoms with van der Waals surface area (Å²) in [6.07, 6.45) is 7.76. The van der Waals surface area contributed by atoms with Gasteiger partial charge in [0, 0.05) is 17.5 Å². The second-order valence-corrected chi connectivity index (χ2v) is 9.48. The first kappa shape index (κ1) is 20.7. The Labute approximate surface area is 175 Å². The number of nitrogens with zero attached hydrogens (tertiary/aromatic N) is 1. The molecule has 4 nitrogen and oxygen atoms in total. The van der Waals surface area contributed by atoms with Gasteiger partial charge in [0.15, 0.2) is 0 Å². The van der Waals surface area contributed by atoms with Crippen LogP contribution in [0.2, 0.25) is 0 Å². The lowest BCUT2D eigenvalue weighted by atomic mass is 9.39. The SMILES string of the molecule is CCCC12CC3C(C(=O)OCC)CC1(CCC)C(Cc1ccc(OC)cc12)N3C. The van der Waals surface area contributed by atoms with Crippen LogP contribution in [0.25, 0.3) is 0 Å². The molecular formula is C25H37NO3. The Morgan fingerprint density at radius 1 is 1.17 bits per heavy atom. The van der Waals surface area contributed by atoms with Gasteiger partial charge in [0.2, 0.25) is 0 Å². The lowest BCUT2D eigenvalue weighted by Crippen LogP contribution is -2.75. The lowest BCUT2D eigenvalue weighted by Gasteiger charge is -2.71. The summed E-state index contributed by atoms with van der Waals surface area (Å²) >= 11 is 0. The normalized spacial score (nSPS) is 35.3. The summed E-state index contributed by atoms with van der Waals surface area (Å²) in [6.45, 7) is 7.00. The predicted molar refractivity (Wildman–Crippen MR) is 115 cm³/mol. The van der Waals surface area contributed by atoms with E-state index in [1.54, 1.807) is 7.11 Å². The smallest absolute Gasteiger partial charge is 0.310 e. The first-order valence-corrected chi connectivity index (χ1v) is 11.5. The molecule has 2 aliphatic carbocycles. The third-order valence-electron chi connectivity index (χ3n) is 8.42. The minimum atomic E-state index is -0.000103. The molecular weight excluding hydrogens is 362 g/mol. The average molecular weight is 400 g/mol. The molecule has 0 amide bonds. The van der Waals surface area contributed by atoms with Gasteiger partial charge in [-0.1, -0.05) is 32.8 Å². The monoisotopic (exact) mass is 399 g/mol. The van der Waals surface area contributed by atoms with Gasteiger partial charge in [-0.05, 0) is 74.8 Å². The van der Waals surface area contributed by atoms with Crippen LogP contribution in [0.15, 0.2) is 18.2 Å². The van der Waals surface area contributed by atoms with Gasteiger partial charge >= 0.3 is 5.97 Å². The first-order chi connectivity index (χ1) is 14.0. The average Bonchev–Trinajstić information content (AvgIpc) is 2.71. The Balaban J connectivity index is 1.90. The number of hydrogen-bond donors (Lipinski definition) is 0. The van der Waals surface area contributed by atoms with Crippen LogP contribution in [-0.4, -0.2) is 43.7 Å². The van der Waals surface area contributed by atoms with E-state index in [4.69, 9.17) is 9.47 Å². The molecule has 1 aromatic rings. The van der Waals surface area contributed by atoms with Crippen LogP contribution in [0.4, 0.5) is 0 Å². The minimum absolute atomic E-state index is 0.000103. The van der Waals surface area contributed by atoms with E-state index in [9.17, 15) is 4.79 Å². The Kier molecular flexibility index (Phi) is 5.43. The topological polar surface area (TPSA) is 38.8 Å². The molecule has 0 aromatic heterocycles. The molecule has 0 radical (unpaired) electrons. The van der Waals surface area contributed by atoms with Crippen LogP contribution in [-0.2, 0) is 21.4 Å². The van der Waals surface area contributed by atoms with Gasteiger partial charge in [-0.3, -0.25) is 9.69 Å². The van der Waals surface area contributed by atoms with Crippen molar-refractivity contribution in [3.05, 3.63) is 29.3 Å². The highest BCUT2D eigenvalue weighted by Gasteiger charge is 2.69. The molecule has 5 rings (SSSR count). The third kappa shape index (κ3) is 2.78. The van der Waals surface area contributed by atoms with Gasteiger partial charge in [-0.25, -0.2) is 0 Å². The van der Waals surface area contributed by atoms with Crippen LogP contribution in [0.1, 0.15) is 70.4 Å². The van der Waals surface area contributed by atoms with Gasteiger partial charge < -0.3 is 9.47 Å². The van der Waals surface area contributed by atoms with Crippen molar-refractivity contribution >= 4 is 5.97 Å². The summed E-state index contributed by atoms with van der Waals surface area (Å²) < 4.78 is 11.2. The number of carbonyl (C=O) groups excluding carboxylic acids is 1. The van der Waals surface area contributed by atoms with E-state index in [1.165, 1.54) is 24.0 Å². The maximum absolute atomic E-state index is 12.9. The van der Waals surface area contributed by atoms with Gasteiger partial charge in [-0.15, -0.1) is 0 Å². The van der Waals surface area contributed by atoms with Gasteiger partial charge in [0.1, 0.15) is 5.75 Å². The first-order valence-electron chi connectivity index (χ1n) is 11.5. The number of rotatable bonds is 7. The molecule has 4 heteroatoms. The highest BCUT2D eigenvalue weighted by atomic mass is 16.5. The van der Waals surface area contributed by atoms with Crippen molar-refractivity contribution in [2.45, 2.75) is 83.2 Å². The fraction of sp³-hybridized carbons (Fsp3) is 0.720. The number of carbonyl (C=O) groups is 1. The van der Waals surface area contributed by atoms with Crippen molar-refractivity contribution in [1.29, 1.82) is 0 Å². The highest BCUT2D eigenvalue weighted by molar-refractivity contribution is 5.74. The van der Waals surface area contributed by atoms with Crippen molar-refractivity contribution < 1.29 is 14.3 Å². The highest BCUT2D eigenvalue weighted by Crippen LogP contribution is 2.68. The fourth-order valence-corrected chi connectivity index (χ4v) is 7.52. The van der Waals surface area contributed by atoms with Crippen LogP contribution in [0, 0.1) is 11.3 Å². The number of hydrogen-bond acceptors (Lipinski definition) is 4. The molecule has 4 bridgehead atoms. The summed E-state index contributed by atoms with van der Waals surface area (Å²) in [5.74, 6) is 0.973. The zero-order chi connectivity index (χ0) is 20.8. The van der Waals surface area contributed by atoms with Crippen molar-refractivity contribution in [1.82, 2.24) is 4.90 Å². The molecule has 0 N–H and O–H groups in total. The van der Waals surface area contributed by atoms with E-state index < -0.39 is 0 Å². The Morgan fingerprint density at radius 2 is 1.93 bits per heavy atom. The summed E-state index contributed by atoms with van der Waals surface area (Å²) in [7, 11) is 4.02. The van der Waals surface area contributed by atoms with E-state index in [0.717, 1.165) is 37.9 Å². The number of fused-ring (bicyclic) bond motifs is 2. The molecule has 1 aromatic carbocycles. The van der Waals surface area contributed by atoms with Crippen LogP contribution >= 0.6 is 0 Å². The van der Waals surface area contributed by atoms with Crippen molar-refractivity contribution in [2.75, 3.05) is 20.8 Å². The molecule has 5 atom stereocenters. The van der Waals surface area contributed by atoms with E-state index in [2.05, 4.69) is 44.0 Å². The largest absolute Gasteiger partial charge is 0.497 e. The van der Waals surface area contributed by atoms with Crippen LogP contribution in [0.3, 0.4) is 0 Å². The number of methoxy groups -OCH3 is 1. The summed E-state index contributed by atoms with van der Waals surface area (Å²) in [5.41, 5.74) is 3.24. The number of esters is 1. The minimum Gasteiger partial charge on any atom is -0.497 e. The number of ether oxygens (including phenoxy) is 2. The summed E-state index contributed by atoms with van der Waals surface area (Å²) in [4.78, 5) is 15.5. The fourth-order valence-electron chi connectivity index (χ4n) is 7.52.